The second-order valence-corrected chi connectivity index (χ2v) is 5.57. The van der Waals surface area contributed by atoms with Crippen molar-refractivity contribution in [2.45, 2.75) is 16.7 Å². The summed E-state index contributed by atoms with van der Waals surface area (Å²) in [5.41, 5.74) is 6.42. The Morgan fingerprint density at radius 1 is 1.38 bits per heavy atom. The number of anilines is 2. The van der Waals surface area contributed by atoms with Crippen LogP contribution in [0, 0.1) is 0 Å². The Morgan fingerprint density at radius 3 is 3.05 bits per heavy atom. The van der Waals surface area contributed by atoms with Crippen LogP contribution in [0.5, 0.6) is 0 Å². The Kier molecular flexibility index (Phi) is 3.80. The largest absolute Gasteiger partial charge is 0.382 e. The topological polar surface area (TPSA) is 94.0 Å². The molecule has 0 saturated heterocycles. The highest BCUT2D eigenvalue weighted by Gasteiger charge is 2.13. The second-order valence-electron chi connectivity index (χ2n) is 4.11. The quantitative estimate of drug-likeness (QED) is 0.761. The number of halogens is 1. The molecule has 0 aliphatic carbocycles. The van der Waals surface area contributed by atoms with Gasteiger partial charge in [0.15, 0.2) is 5.65 Å². The molecule has 0 bridgehead atoms. The van der Waals surface area contributed by atoms with E-state index in [1.807, 2.05) is 6.92 Å². The first-order chi connectivity index (χ1) is 10.2. The number of pyridine rings is 1. The minimum Gasteiger partial charge on any atom is -0.382 e. The maximum absolute atomic E-state index is 6.17. The van der Waals surface area contributed by atoms with E-state index >= 15 is 0 Å². The second kappa shape index (κ2) is 5.74. The van der Waals surface area contributed by atoms with E-state index in [1.54, 1.807) is 29.2 Å². The SMILES string of the molecule is CCNc1ncc(Sc2ccnc(N)c2Cl)c2nncn12. The zero-order chi connectivity index (χ0) is 14.8. The third-order valence-electron chi connectivity index (χ3n) is 2.74. The van der Waals surface area contributed by atoms with Crippen LogP contribution in [0.4, 0.5) is 11.8 Å². The summed E-state index contributed by atoms with van der Waals surface area (Å²) in [6, 6.07) is 1.80. The number of fused-ring (bicyclic) bond motifs is 1. The normalized spacial score (nSPS) is 11.0. The maximum atomic E-state index is 6.17. The molecular weight excluding hydrogens is 310 g/mol. The summed E-state index contributed by atoms with van der Waals surface area (Å²) < 4.78 is 1.80. The minimum atomic E-state index is 0.302. The van der Waals surface area contributed by atoms with Gasteiger partial charge in [0.25, 0.3) is 0 Å². The molecule has 0 unspecified atom stereocenters. The molecule has 0 saturated carbocycles. The van der Waals surface area contributed by atoms with Gasteiger partial charge in [0.05, 0.1) is 9.92 Å². The van der Waals surface area contributed by atoms with Crippen molar-refractivity contribution >= 4 is 40.8 Å². The van der Waals surface area contributed by atoms with Gasteiger partial charge in [-0.3, -0.25) is 4.40 Å². The predicted octanol–water partition coefficient (Wildman–Crippen LogP) is 2.34. The van der Waals surface area contributed by atoms with Crippen LogP contribution in [0.3, 0.4) is 0 Å². The molecule has 0 amide bonds. The fourth-order valence-corrected chi connectivity index (χ4v) is 2.92. The molecule has 7 nitrogen and oxygen atoms in total. The third kappa shape index (κ3) is 2.59. The molecule has 21 heavy (non-hydrogen) atoms. The number of nitrogens with zero attached hydrogens (tertiary/aromatic N) is 5. The van der Waals surface area contributed by atoms with E-state index in [4.69, 9.17) is 17.3 Å². The number of nitrogen functional groups attached to an aromatic ring is 1. The van der Waals surface area contributed by atoms with Crippen LogP contribution in [0.15, 0.2) is 34.6 Å². The van der Waals surface area contributed by atoms with Crippen LogP contribution in [0.25, 0.3) is 5.65 Å². The molecule has 0 aromatic carbocycles. The fourth-order valence-electron chi connectivity index (χ4n) is 1.80. The highest BCUT2D eigenvalue weighted by Crippen LogP contribution is 2.36. The van der Waals surface area contributed by atoms with Gasteiger partial charge >= 0.3 is 0 Å². The molecule has 0 aliphatic rings. The smallest absolute Gasteiger partial charge is 0.210 e. The first-order valence-electron chi connectivity index (χ1n) is 6.21. The minimum absolute atomic E-state index is 0.302. The zero-order valence-corrected chi connectivity index (χ0v) is 12.7. The molecular formula is C12H12ClN7S. The average molecular weight is 322 g/mol. The number of nitrogens with one attached hydrogen (secondary N) is 1. The van der Waals surface area contributed by atoms with Gasteiger partial charge in [0.2, 0.25) is 5.95 Å². The van der Waals surface area contributed by atoms with Gasteiger partial charge in [0.1, 0.15) is 12.1 Å². The molecule has 0 spiro atoms. The van der Waals surface area contributed by atoms with Gasteiger partial charge in [-0.2, -0.15) is 0 Å². The highest BCUT2D eigenvalue weighted by molar-refractivity contribution is 7.99. The number of hydrogen-bond acceptors (Lipinski definition) is 7. The van der Waals surface area contributed by atoms with Crippen molar-refractivity contribution in [1.82, 2.24) is 24.6 Å². The van der Waals surface area contributed by atoms with Gasteiger partial charge in [-0.15, -0.1) is 10.2 Å². The van der Waals surface area contributed by atoms with Crippen LogP contribution in [-0.2, 0) is 0 Å². The van der Waals surface area contributed by atoms with Crippen molar-refractivity contribution in [3.05, 3.63) is 29.8 Å². The van der Waals surface area contributed by atoms with Gasteiger partial charge in [-0.05, 0) is 13.0 Å². The van der Waals surface area contributed by atoms with E-state index in [1.165, 1.54) is 11.8 Å². The first kappa shape index (κ1) is 13.9. The predicted molar refractivity (Wildman–Crippen MR) is 82.7 cm³/mol. The lowest BCUT2D eigenvalue weighted by molar-refractivity contribution is 1.01. The summed E-state index contributed by atoms with van der Waals surface area (Å²) >= 11 is 7.59. The Morgan fingerprint density at radius 2 is 2.24 bits per heavy atom. The number of nitrogens with two attached hydrogens (primary N) is 1. The summed E-state index contributed by atoms with van der Waals surface area (Å²) in [5.74, 6) is 0.999. The molecule has 3 heterocycles. The standard InChI is InChI=1S/C12H12ClN7S/c1-2-15-12-17-5-8(11-19-18-6-20(11)12)21-7-3-4-16-10(14)9(7)13/h3-6H,2H2,1H3,(H2,14,16)(H,15,17). The van der Waals surface area contributed by atoms with E-state index in [2.05, 4.69) is 25.5 Å². The summed E-state index contributed by atoms with van der Waals surface area (Å²) in [5, 5.41) is 11.6. The number of rotatable bonds is 4. The van der Waals surface area contributed by atoms with Crippen LogP contribution >= 0.6 is 23.4 Å². The molecule has 0 aliphatic heterocycles. The Bertz CT molecular complexity index is 788. The van der Waals surface area contributed by atoms with Crippen LogP contribution in [-0.4, -0.2) is 31.1 Å². The summed E-state index contributed by atoms with van der Waals surface area (Å²) in [6.07, 6.45) is 4.97. The first-order valence-corrected chi connectivity index (χ1v) is 7.40. The lowest BCUT2D eigenvalue weighted by atomic mass is 10.5. The van der Waals surface area contributed by atoms with E-state index in [9.17, 15) is 0 Å². The number of hydrogen-bond donors (Lipinski definition) is 2. The maximum Gasteiger partial charge on any atom is 0.210 e. The van der Waals surface area contributed by atoms with Crippen molar-refractivity contribution in [2.75, 3.05) is 17.6 Å². The number of aromatic nitrogens is 5. The van der Waals surface area contributed by atoms with E-state index in [0.717, 1.165) is 16.3 Å². The van der Waals surface area contributed by atoms with E-state index < -0.39 is 0 Å². The third-order valence-corrected chi connectivity index (χ3v) is 4.31. The van der Waals surface area contributed by atoms with Crippen LogP contribution < -0.4 is 11.1 Å². The van der Waals surface area contributed by atoms with Gasteiger partial charge in [-0.1, -0.05) is 23.4 Å². The van der Waals surface area contributed by atoms with Crippen molar-refractivity contribution in [3.8, 4) is 0 Å². The lowest BCUT2D eigenvalue weighted by Gasteiger charge is -2.09. The average Bonchev–Trinajstić information content (AvgIpc) is 2.96. The molecule has 3 N–H and O–H groups in total. The molecule has 0 fully saturated rings. The van der Waals surface area contributed by atoms with Crippen molar-refractivity contribution in [2.24, 2.45) is 0 Å². The molecule has 108 valence electrons. The Labute approximate surface area is 129 Å². The molecule has 3 aromatic rings. The van der Waals surface area contributed by atoms with Crippen LogP contribution in [0.1, 0.15) is 6.92 Å². The zero-order valence-electron chi connectivity index (χ0n) is 11.1. The van der Waals surface area contributed by atoms with E-state index in [0.29, 0.717) is 22.4 Å². The van der Waals surface area contributed by atoms with Crippen molar-refractivity contribution in [3.63, 3.8) is 0 Å². The van der Waals surface area contributed by atoms with E-state index in [-0.39, 0.29) is 0 Å². The van der Waals surface area contributed by atoms with Crippen molar-refractivity contribution in [1.29, 1.82) is 0 Å². The monoisotopic (exact) mass is 321 g/mol. The molecule has 0 atom stereocenters. The van der Waals surface area contributed by atoms with Gasteiger partial charge in [0, 0.05) is 23.8 Å². The van der Waals surface area contributed by atoms with Gasteiger partial charge < -0.3 is 11.1 Å². The molecule has 9 heteroatoms. The van der Waals surface area contributed by atoms with Crippen LogP contribution in [0.2, 0.25) is 5.02 Å². The lowest BCUT2D eigenvalue weighted by Crippen LogP contribution is -2.05. The Balaban J connectivity index is 2.03. The molecule has 0 radical (unpaired) electrons. The molecule has 3 rings (SSSR count). The summed E-state index contributed by atoms with van der Waals surface area (Å²) in [6.45, 7) is 2.76. The molecule has 3 aromatic heterocycles. The Hall–Kier alpha value is -2.06. The van der Waals surface area contributed by atoms with Crippen molar-refractivity contribution < 1.29 is 0 Å². The van der Waals surface area contributed by atoms with Gasteiger partial charge in [-0.25, -0.2) is 9.97 Å². The fraction of sp³-hybridized carbons (Fsp3) is 0.167. The summed E-state index contributed by atoms with van der Waals surface area (Å²) in [4.78, 5) is 9.96. The highest BCUT2D eigenvalue weighted by atomic mass is 35.5. The summed E-state index contributed by atoms with van der Waals surface area (Å²) in [7, 11) is 0.